The summed E-state index contributed by atoms with van der Waals surface area (Å²) in [6.45, 7) is 9.11. The van der Waals surface area contributed by atoms with Crippen molar-refractivity contribution < 1.29 is 0 Å². The van der Waals surface area contributed by atoms with Gasteiger partial charge in [0.15, 0.2) is 0 Å². The Bertz CT molecular complexity index is 337. The molecule has 2 N–H and O–H groups in total. The molecule has 0 saturated carbocycles. The minimum absolute atomic E-state index is 0.184. The number of aromatic nitrogens is 3. The second-order valence-corrected chi connectivity index (χ2v) is 6.45. The molecule has 98 valence electrons. The Labute approximate surface area is 105 Å². The maximum absolute atomic E-state index is 6.16. The second kappa shape index (κ2) is 5.63. The number of rotatable bonds is 5. The highest BCUT2D eigenvalue weighted by Gasteiger charge is 2.18. The summed E-state index contributed by atoms with van der Waals surface area (Å²) in [5.74, 6) is 0.654. The van der Waals surface area contributed by atoms with Gasteiger partial charge in [-0.2, -0.15) is 0 Å². The lowest BCUT2D eigenvalue weighted by Gasteiger charge is -2.25. The minimum atomic E-state index is 0.184. The summed E-state index contributed by atoms with van der Waals surface area (Å²) in [6.07, 6.45) is 5.02. The number of hydrogen-bond acceptors (Lipinski definition) is 3. The van der Waals surface area contributed by atoms with Gasteiger partial charge in [-0.15, -0.1) is 5.10 Å². The van der Waals surface area contributed by atoms with E-state index in [1.54, 1.807) is 4.68 Å². The van der Waals surface area contributed by atoms with Crippen LogP contribution in [0.1, 0.15) is 46.2 Å². The van der Waals surface area contributed by atoms with Crippen molar-refractivity contribution >= 4 is 0 Å². The quantitative estimate of drug-likeness (QED) is 0.855. The average molecular weight is 238 g/mol. The van der Waals surface area contributed by atoms with E-state index in [1.807, 2.05) is 13.2 Å². The molecule has 0 radical (unpaired) electrons. The van der Waals surface area contributed by atoms with Crippen LogP contribution in [0, 0.1) is 11.3 Å². The SMILES string of the molecule is CC(CC(N)Cc1cn(C)nn1)CC(C)(C)C. The van der Waals surface area contributed by atoms with Crippen LogP contribution in [0.5, 0.6) is 0 Å². The third-order valence-electron chi connectivity index (χ3n) is 2.79. The third-order valence-corrected chi connectivity index (χ3v) is 2.79. The first-order valence-corrected chi connectivity index (χ1v) is 6.37. The van der Waals surface area contributed by atoms with Crippen LogP contribution in [0.25, 0.3) is 0 Å². The van der Waals surface area contributed by atoms with Crippen molar-refractivity contribution in [2.45, 2.75) is 53.0 Å². The van der Waals surface area contributed by atoms with E-state index in [0.29, 0.717) is 11.3 Å². The van der Waals surface area contributed by atoms with Gasteiger partial charge in [0.1, 0.15) is 0 Å². The first-order valence-electron chi connectivity index (χ1n) is 6.37. The monoisotopic (exact) mass is 238 g/mol. The van der Waals surface area contributed by atoms with Gasteiger partial charge >= 0.3 is 0 Å². The predicted octanol–water partition coefficient (Wildman–Crippen LogP) is 2.15. The molecule has 0 fully saturated rings. The molecule has 0 aliphatic rings. The molecule has 2 atom stereocenters. The molecule has 0 amide bonds. The van der Waals surface area contributed by atoms with Crippen LogP contribution in [0.3, 0.4) is 0 Å². The van der Waals surface area contributed by atoms with Crippen LogP contribution in [0.2, 0.25) is 0 Å². The van der Waals surface area contributed by atoms with E-state index in [9.17, 15) is 0 Å². The van der Waals surface area contributed by atoms with E-state index in [1.165, 1.54) is 6.42 Å². The topological polar surface area (TPSA) is 56.7 Å². The van der Waals surface area contributed by atoms with Crippen LogP contribution >= 0.6 is 0 Å². The van der Waals surface area contributed by atoms with E-state index >= 15 is 0 Å². The molecule has 4 nitrogen and oxygen atoms in total. The molecular weight excluding hydrogens is 212 g/mol. The van der Waals surface area contributed by atoms with E-state index in [-0.39, 0.29) is 6.04 Å². The van der Waals surface area contributed by atoms with Crippen molar-refractivity contribution in [2.24, 2.45) is 24.1 Å². The van der Waals surface area contributed by atoms with Crippen molar-refractivity contribution in [3.05, 3.63) is 11.9 Å². The van der Waals surface area contributed by atoms with E-state index in [4.69, 9.17) is 5.73 Å². The zero-order valence-corrected chi connectivity index (χ0v) is 11.8. The highest BCUT2D eigenvalue weighted by atomic mass is 15.4. The summed E-state index contributed by atoms with van der Waals surface area (Å²) < 4.78 is 1.72. The molecule has 0 aliphatic heterocycles. The molecule has 0 bridgehead atoms. The Kier molecular flexibility index (Phi) is 4.69. The van der Waals surface area contributed by atoms with E-state index in [2.05, 4.69) is 38.0 Å². The smallest absolute Gasteiger partial charge is 0.0842 e. The van der Waals surface area contributed by atoms with Gasteiger partial charge in [0.05, 0.1) is 5.69 Å². The van der Waals surface area contributed by atoms with Crippen LogP contribution in [-0.4, -0.2) is 21.0 Å². The average Bonchev–Trinajstić information content (AvgIpc) is 2.46. The molecule has 0 spiro atoms. The van der Waals surface area contributed by atoms with E-state index in [0.717, 1.165) is 18.5 Å². The molecule has 1 rings (SSSR count). The maximum Gasteiger partial charge on any atom is 0.0842 e. The van der Waals surface area contributed by atoms with Gasteiger partial charge in [0.2, 0.25) is 0 Å². The third kappa shape index (κ3) is 5.82. The van der Waals surface area contributed by atoms with Gasteiger partial charge in [0, 0.05) is 25.7 Å². The fourth-order valence-corrected chi connectivity index (χ4v) is 2.49. The van der Waals surface area contributed by atoms with Gasteiger partial charge in [-0.1, -0.05) is 32.9 Å². The molecule has 0 saturated heterocycles. The minimum Gasteiger partial charge on any atom is -0.327 e. The van der Waals surface area contributed by atoms with Crippen LogP contribution in [-0.2, 0) is 13.5 Å². The molecule has 1 aromatic rings. The summed E-state index contributed by atoms with van der Waals surface area (Å²) in [5, 5.41) is 7.99. The highest BCUT2D eigenvalue weighted by Crippen LogP contribution is 2.26. The van der Waals surface area contributed by atoms with Crippen molar-refractivity contribution in [1.82, 2.24) is 15.0 Å². The Hall–Kier alpha value is -0.900. The molecule has 1 aromatic heterocycles. The normalized spacial score (nSPS) is 15.9. The summed E-state index contributed by atoms with van der Waals surface area (Å²) in [4.78, 5) is 0. The van der Waals surface area contributed by atoms with Crippen molar-refractivity contribution in [2.75, 3.05) is 0 Å². The zero-order valence-electron chi connectivity index (χ0n) is 11.8. The predicted molar refractivity (Wildman–Crippen MR) is 70.5 cm³/mol. The molecule has 2 unspecified atom stereocenters. The Balaban J connectivity index is 2.36. The second-order valence-electron chi connectivity index (χ2n) is 6.45. The van der Waals surface area contributed by atoms with Crippen LogP contribution < -0.4 is 5.73 Å². The summed E-state index contributed by atoms with van der Waals surface area (Å²) in [5.41, 5.74) is 7.53. The number of aryl methyl sites for hydroxylation is 1. The summed E-state index contributed by atoms with van der Waals surface area (Å²) in [6, 6.07) is 0.184. The molecule has 0 aromatic carbocycles. The summed E-state index contributed by atoms with van der Waals surface area (Å²) >= 11 is 0. The molecular formula is C13H26N4. The fraction of sp³-hybridized carbons (Fsp3) is 0.846. The largest absolute Gasteiger partial charge is 0.327 e. The van der Waals surface area contributed by atoms with Gasteiger partial charge in [0.25, 0.3) is 0 Å². The first-order chi connectivity index (χ1) is 7.76. The highest BCUT2D eigenvalue weighted by molar-refractivity contribution is 4.95. The lowest BCUT2D eigenvalue weighted by molar-refractivity contribution is 0.285. The van der Waals surface area contributed by atoms with E-state index < -0.39 is 0 Å². The van der Waals surface area contributed by atoms with Gasteiger partial charge in [-0.05, 0) is 24.2 Å². The summed E-state index contributed by atoms with van der Waals surface area (Å²) in [7, 11) is 1.88. The van der Waals surface area contributed by atoms with Crippen molar-refractivity contribution in [1.29, 1.82) is 0 Å². The van der Waals surface area contributed by atoms with Crippen LogP contribution in [0.4, 0.5) is 0 Å². The Morgan fingerprint density at radius 2 is 2.06 bits per heavy atom. The molecule has 0 aliphatic carbocycles. The standard InChI is InChI=1S/C13H26N4/c1-10(8-13(2,3)4)6-11(14)7-12-9-17(5)16-15-12/h9-11H,6-8,14H2,1-5H3. The number of hydrogen-bond donors (Lipinski definition) is 1. The molecule has 17 heavy (non-hydrogen) atoms. The van der Waals surface area contributed by atoms with Gasteiger partial charge in [-0.25, -0.2) is 0 Å². The number of nitrogens with two attached hydrogens (primary N) is 1. The first kappa shape index (κ1) is 14.2. The Morgan fingerprint density at radius 1 is 1.41 bits per heavy atom. The fourth-order valence-electron chi connectivity index (χ4n) is 2.49. The van der Waals surface area contributed by atoms with Crippen LogP contribution in [0.15, 0.2) is 6.20 Å². The lowest BCUT2D eigenvalue weighted by atomic mass is 9.82. The zero-order chi connectivity index (χ0) is 13.1. The Morgan fingerprint density at radius 3 is 2.53 bits per heavy atom. The number of nitrogens with zero attached hydrogens (tertiary/aromatic N) is 3. The molecule has 4 heteroatoms. The van der Waals surface area contributed by atoms with Gasteiger partial charge in [-0.3, -0.25) is 4.68 Å². The lowest BCUT2D eigenvalue weighted by Crippen LogP contribution is -2.27. The van der Waals surface area contributed by atoms with Gasteiger partial charge < -0.3 is 5.73 Å². The van der Waals surface area contributed by atoms with Crippen molar-refractivity contribution in [3.8, 4) is 0 Å². The van der Waals surface area contributed by atoms with Crippen molar-refractivity contribution in [3.63, 3.8) is 0 Å². The molecule has 1 heterocycles. The maximum atomic E-state index is 6.16.